The molecular formula is C11H9F3N4O3S. The monoisotopic (exact) mass is 334 g/mol. The van der Waals surface area contributed by atoms with Gasteiger partial charge in [-0.25, -0.2) is 19.7 Å². The van der Waals surface area contributed by atoms with E-state index in [0.717, 1.165) is 24.9 Å². The Kier molecular flexibility index (Phi) is 4.54. The van der Waals surface area contributed by atoms with Gasteiger partial charge in [0.15, 0.2) is 0 Å². The number of ether oxygens (including phenoxy) is 1. The average Bonchev–Trinajstić information content (AvgIpc) is 2.88. The zero-order chi connectivity index (χ0) is 16.3. The van der Waals surface area contributed by atoms with Gasteiger partial charge < -0.3 is 4.74 Å². The fourth-order valence-electron chi connectivity index (χ4n) is 1.48. The standard InChI is InChI=1S/C11H9F3N4O3S/c1-21-9(19)5-2-3-6(11(12,13)14)15-8(5)22-4-7-16-10(20)18-17-7/h2-3H,4H2,1H3,(H2,16,17,18,20). The number of nitrogens with one attached hydrogen (secondary N) is 2. The molecule has 0 aromatic carbocycles. The van der Waals surface area contributed by atoms with Crippen LogP contribution in [0.5, 0.6) is 0 Å². The summed E-state index contributed by atoms with van der Waals surface area (Å²) < 4.78 is 42.6. The molecule has 2 aromatic heterocycles. The Morgan fingerprint density at radius 1 is 1.41 bits per heavy atom. The minimum Gasteiger partial charge on any atom is -0.465 e. The van der Waals surface area contributed by atoms with Crippen LogP contribution >= 0.6 is 11.8 Å². The maximum Gasteiger partial charge on any atom is 0.433 e. The number of H-pyrrole nitrogens is 2. The van der Waals surface area contributed by atoms with Gasteiger partial charge in [-0.15, -0.1) is 0 Å². The molecule has 2 heterocycles. The molecule has 0 aliphatic rings. The zero-order valence-electron chi connectivity index (χ0n) is 11.0. The van der Waals surface area contributed by atoms with Crippen LogP contribution in [-0.4, -0.2) is 33.2 Å². The highest BCUT2D eigenvalue weighted by atomic mass is 32.2. The van der Waals surface area contributed by atoms with Crippen molar-refractivity contribution in [1.29, 1.82) is 0 Å². The molecular weight excluding hydrogens is 325 g/mol. The van der Waals surface area contributed by atoms with Crippen LogP contribution in [0.1, 0.15) is 21.9 Å². The minimum atomic E-state index is -4.63. The summed E-state index contributed by atoms with van der Waals surface area (Å²) >= 11 is 0.823. The van der Waals surface area contributed by atoms with Gasteiger partial charge in [0.2, 0.25) is 0 Å². The summed E-state index contributed by atoms with van der Waals surface area (Å²) in [4.78, 5) is 28.2. The Balaban J connectivity index is 2.32. The van der Waals surface area contributed by atoms with Crippen LogP contribution in [0.2, 0.25) is 0 Å². The van der Waals surface area contributed by atoms with E-state index in [1.807, 2.05) is 0 Å². The average molecular weight is 334 g/mol. The first-order valence-electron chi connectivity index (χ1n) is 5.74. The third-order valence-corrected chi connectivity index (χ3v) is 3.45. The van der Waals surface area contributed by atoms with Gasteiger partial charge in [0.25, 0.3) is 0 Å². The number of aromatic nitrogens is 4. The number of thioether (sulfide) groups is 1. The fraction of sp³-hybridized carbons (Fsp3) is 0.273. The van der Waals surface area contributed by atoms with E-state index >= 15 is 0 Å². The molecule has 2 rings (SSSR count). The molecule has 0 atom stereocenters. The van der Waals surface area contributed by atoms with Gasteiger partial charge in [0, 0.05) is 0 Å². The van der Waals surface area contributed by atoms with Crippen LogP contribution in [0.4, 0.5) is 13.2 Å². The predicted molar refractivity (Wildman–Crippen MR) is 69.3 cm³/mol. The van der Waals surface area contributed by atoms with Gasteiger partial charge in [-0.3, -0.25) is 4.98 Å². The molecule has 0 bridgehead atoms. The molecule has 118 valence electrons. The second-order valence-corrected chi connectivity index (χ2v) is 4.92. The number of carbonyl (C=O) groups is 1. The van der Waals surface area contributed by atoms with Crippen molar-refractivity contribution >= 4 is 17.7 Å². The number of halogens is 3. The quantitative estimate of drug-likeness (QED) is 0.650. The molecule has 2 N–H and O–H groups in total. The molecule has 0 aliphatic heterocycles. The number of hydrogen-bond donors (Lipinski definition) is 2. The third kappa shape index (κ3) is 3.67. The van der Waals surface area contributed by atoms with Crippen molar-refractivity contribution in [2.75, 3.05) is 7.11 Å². The fourth-order valence-corrected chi connectivity index (χ4v) is 2.36. The number of aromatic amines is 2. The molecule has 7 nitrogen and oxygen atoms in total. The number of pyridine rings is 1. The van der Waals surface area contributed by atoms with Gasteiger partial charge in [0.05, 0.1) is 18.4 Å². The molecule has 0 unspecified atom stereocenters. The summed E-state index contributed by atoms with van der Waals surface area (Å²) in [6.07, 6.45) is -4.63. The molecule has 0 radical (unpaired) electrons. The molecule has 0 aliphatic carbocycles. The van der Waals surface area contributed by atoms with E-state index in [0.29, 0.717) is 6.07 Å². The topological polar surface area (TPSA) is 101 Å². The van der Waals surface area contributed by atoms with Crippen molar-refractivity contribution in [3.8, 4) is 0 Å². The first-order valence-corrected chi connectivity index (χ1v) is 6.72. The molecule has 0 saturated carbocycles. The normalized spacial score (nSPS) is 11.5. The van der Waals surface area contributed by atoms with E-state index in [4.69, 9.17) is 0 Å². The minimum absolute atomic E-state index is 0.0248. The number of carbonyl (C=O) groups excluding carboxylic acids is 1. The lowest BCUT2D eigenvalue weighted by atomic mass is 10.2. The van der Waals surface area contributed by atoms with Crippen molar-refractivity contribution in [3.63, 3.8) is 0 Å². The molecule has 0 spiro atoms. The lowest BCUT2D eigenvalue weighted by Gasteiger charge is -2.10. The van der Waals surface area contributed by atoms with Crippen molar-refractivity contribution in [2.45, 2.75) is 17.0 Å². The lowest BCUT2D eigenvalue weighted by molar-refractivity contribution is -0.141. The smallest absolute Gasteiger partial charge is 0.433 e. The van der Waals surface area contributed by atoms with Crippen LogP contribution in [0.25, 0.3) is 0 Å². The van der Waals surface area contributed by atoms with Crippen LogP contribution in [-0.2, 0) is 16.7 Å². The first kappa shape index (κ1) is 16.1. The largest absolute Gasteiger partial charge is 0.465 e. The number of hydrogen-bond acceptors (Lipinski definition) is 6. The molecule has 0 fully saturated rings. The van der Waals surface area contributed by atoms with Crippen molar-refractivity contribution in [2.24, 2.45) is 0 Å². The summed E-state index contributed by atoms with van der Waals surface area (Å²) in [5.41, 5.74) is -1.77. The van der Waals surface area contributed by atoms with E-state index in [1.165, 1.54) is 0 Å². The van der Waals surface area contributed by atoms with Gasteiger partial charge in [-0.2, -0.15) is 18.3 Å². The highest BCUT2D eigenvalue weighted by molar-refractivity contribution is 7.98. The molecule has 11 heteroatoms. The van der Waals surface area contributed by atoms with E-state index < -0.39 is 23.5 Å². The Bertz CT molecular complexity index is 741. The van der Waals surface area contributed by atoms with Gasteiger partial charge in [-0.05, 0) is 12.1 Å². The Morgan fingerprint density at radius 2 is 2.14 bits per heavy atom. The number of rotatable bonds is 4. The number of nitrogens with zero attached hydrogens (tertiary/aromatic N) is 2. The molecule has 2 aromatic rings. The number of methoxy groups -OCH3 is 1. The van der Waals surface area contributed by atoms with Crippen LogP contribution in [0.15, 0.2) is 22.0 Å². The summed E-state index contributed by atoms with van der Waals surface area (Å²) in [5.74, 6) is -0.568. The first-order chi connectivity index (χ1) is 10.3. The highest BCUT2D eigenvalue weighted by Crippen LogP contribution is 2.31. The van der Waals surface area contributed by atoms with E-state index in [2.05, 4.69) is 24.9 Å². The van der Waals surface area contributed by atoms with Crippen LogP contribution in [0, 0.1) is 0 Å². The molecule has 0 saturated heterocycles. The molecule has 22 heavy (non-hydrogen) atoms. The second-order valence-electron chi connectivity index (χ2n) is 3.95. The highest BCUT2D eigenvalue weighted by Gasteiger charge is 2.33. The predicted octanol–water partition coefficient (Wildman–Crippen LogP) is 1.59. The number of alkyl halides is 3. The van der Waals surface area contributed by atoms with Gasteiger partial charge in [0.1, 0.15) is 16.5 Å². The Labute approximate surface area is 125 Å². The Morgan fingerprint density at radius 3 is 2.68 bits per heavy atom. The summed E-state index contributed by atoms with van der Waals surface area (Å²) in [7, 11) is 1.11. The molecule has 0 amide bonds. The number of esters is 1. The van der Waals surface area contributed by atoms with Crippen molar-refractivity contribution < 1.29 is 22.7 Å². The third-order valence-electron chi connectivity index (χ3n) is 2.45. The van der Waals surface area contributed by atoms with Gasteiger partial charge in [-0.1, -0.05) is 11.8 Å². The van der Waals surface area contributed by atoms with Crippen molar-refractivity contribution in [1.82, 2.24) is 20.2 Å². The second kappa shape index (κ2) is 6.22. The summed E-state index contributed by atoms with van der Waals surface area (Å²) in [5, 5.41) is 5.58. The zero-order valence-corrected chi connectivity index (χ0v) is 11.8. The summed E-state index contributed by atoms with van der Waals surface area (Å²) in [6, 6.07) is 1.70. The summed E-state index contributed by atoms with van der Waals surface area (Å²) in [6.45, 7) is 0. The van der Waals surface area contributed by atoms with Crippen LogP contribution < -0.4 is 5.69 Å². The van der Waals surface area contributed by atoms with E-state index in [1.54, 1.807) is 0 Å². The van der Waals surface area contributed by atoms with Crippen molar-refractivity contribution in [3.05, 3.63) is 39.7 Å². The van der Waals surface area contributed by atoms with E-state index in [9.17, 15) is 22.8 Å². The maximum atomic E-state index is 12.7. The lowest BCUT2D eigenvalue weighted by Crippen LogP contribution is -2.12. The van der Waals surface area contributed by atoms with Gasteiger partial charge >= 0.3 is 17.8 Å². The SMILES string of the molecule is COC(=O)c1ccc(C(F)(F)F)nc1SCc1n[nH]c(=O)[nH]1. The maximum absolute atomic E-state index is 12.7. The Hall–Kier alpha value is -2.30. The van der Waals surface area contributed by atoms with E-state index in [-0.39, 0.29) is 22.2 Å². The van der Waals surface area contributed by atoms with Crippen LogP contribution in [0.3, 0.4) is 0 Å².